The lowest BCUT2D eigenvalue weighted by Gasteiger charge is -1.95. The fourth-order valence-corrected chi connectivity index (χ4v) is 1.58. The average molecular weight is 209 g/mol. The summed E-state index contributed by atoms with van der Waals surface area (Å²) < 4.78 is 4.69. The van der Waals surface area contributed by atoms with E-state index in [1.807, 2.05) is 12.3 Å². The van der Waals surface area contributed by atoms with Gasteiger partial charge in [0.1, 0.15) is 6.26 Å². The first-order valence-electron chi connectivity index (χ1n) is 3.87. The van der Waals surface area contributed by atoms with E-state index in [4.69, 9.17) is 0 Å². The van der Waals surface area contributed by atoms with Crippen molar-refractivity contribution in [1.29, 1.82) is 0 Å². The number of amides is 1. The van der Waals surface area contributed by atoms with Crippen molar-refractivity contribution in [2.45, 2.75) is 6.92 Å². The van der Waals surface area contributed by atoms with E-state index >= 15 is 0 Å². The molecule has 0 aliphatic heterocycles. The van der Waals surface area contributed by atoms with E-state index in [-0.39, 0.29) is 11.6 Å². The Morgan fingerprint density at radius 2 is 2.50 bits per heavy atom. The normalized spacial score (nSPS) is 10.1. The zero-order chi connectivity index (χ0) is 9.97. The molecule has 0 aliphatic carbocycles. The third-order valence-corrected chi connectivity index (χ3v) is 2.38. The van der Waals surface area contributed by atoms with Crippen LogP contribution in [-0.4, -0.2) is 15.9 Å². The highest BCUT2D eigenvalue weighted by molar-refractivity contribution is 7.13. The molecule has 0 aliphatic rings. The van der Waals surface area contributed by atoms with E-state index in [0.29, 0.717) is 5.13 Å². The van der Waals surface area contributed by atoms with E-state index in [1.54, 1.807) is 0 Å². The van der Waals surface area contributed by atoms with Gasteiger partial charge in [0, 0.05) is 5.38 Å². The maximum absolute atomic E-state index is 11.4. The van der Waals surface area contributed by atoms with Crippen LogP contribution < -0.4 is 5.32 Å². The highest BCUT2D eigenvalue weighted by atomic mass is 32.1. The summed E-state index contributed by atoms with van der Waals surface area (Å²) in [4.78, 5) is 19.2. The number of oxazole rings is 1. The predicted molar refractivity (Wildman–Crippen MR) is 51.3 cm³/mol. The summed E-state index contributed by atoms with van der Waals surface area (Å²) in [7, 11) is 0. The Morgan fingerprint density at radius 1 is 1.64 bits per heavy atom. The fraction of sp³-hybridized carbons (Fsp3) is 0.125. The van der Waals surface area contributed by atoms with E-state index in [0.717, 1.165) is 5.69 Å². The number of hydrogen-bond acceptors (Lipinski definition) is 5. The van der Waals surface area contributed by atoms with Gasteiger partial charge in [-0.15, -0.1) is 11.3 Å². The molecule has 14 heavy (non-hydrogen) atoms. The van der Waals surface area contributed by atoms with Crippen LogP contribution in [-0.2, 0) is 0 Å². The number of nitrogens with one attached hydrogen (secondary N) is 1. The van der Waals surface area contributed by atoms with Gasteiger partial charge in [0.15, 0.2) is 17.2 Å². The molecule has 0 spiro atoms. The number of anilines is 1. The Balaban J connectivity index is 2.09. The number of carbonyl (C=O) groups excluding carboxylic acids is 1. The molecule has 2 aromatic rings. The minimum atomic E-state index is -0.312. The van der Waals surface area contributed by atoms with Crippen molar-refractivity contribution in [3.05, 3.63) is 29.4 Å². The van der Waals surface area contributed by atoms with Gasteiger partial charge in [-0.05, 0) is 6.92 Å². The molecule has 0 aromatic carbocycles. The quantitative estimate of drug-likeness (QED) is 0.817. The van der Waals surface area contributed by atoms with Crippen LogP contribution in [0.25, 0.3) is 0 Å². The van der Waals surface area contributed by atoms with Gasteiger partial charge in [0.25, 0.3) is 5.91 Å². The molecular formula is C8H7N3O2S. The van der Waals surface area contributed by atoms with Crippen LogP contribution in [0.3, 0.4) is 0 Å². The maximum Gasteiger partial charge on any atom is 0.279 e. The van der Waals surface area contributed by atoms with Crippen molar-refractivity contribution >= 4 is 22.4 Å². The van der Waals surface area contributed by atoms with Crippen LogP contribution in [0, 0.1) is 6.92 Å². The van der Waals surface area contributed by atoms with Crippen molar-refractivity contribution in [2.24, 2.45) is 0 Å². The van der Waals surface area contributed by atoms with Crippen molar-refractivity contribution < 1.29 is 9.21 Å². The lowest BCUT2D eigenvalue weighted by Crippen LogP contribution is -2.11. The SMILES string of the molecule is Cc1csc(NC(=O)c2cocn2)n1. The Bertz CT molecular complexity index is 435. The lowest BCUT2D eigenvalue weighted by molar-refractivity contribution is 0.102. The molecule has 0 radical (unpaired) electrons. The van der Waals surface area contributed by atoms with Crippen LogP contribution in [0.1, 0.15) is 16.2 Å². The first kappa shape index (κ1) is 8.89. The molecule has 2 aromatic heterocycles. The molecule has 6 heteroatoms. The van der Waals surface area contributed by atoms with Crippen LogP contribution in [0.15, 0.2) is 22.5 Å². The summed E-state index contributed by atoms with van der Waals surface area (Å²) in [6.07, 6.45) is 2.50. The Labute approximate surface area is 83.8 Å². The van der Waals surface area contributed by atoms with Gasteiger partial charge in [-0.1, -0.05) is 0 Å². The minimum Gasteiger partial charge on any atom is -0.451 e. The predicted octanol–water partition coefficient (Wildman–Crippen LogP) is 1.69. The first-order valence-corrected chi connectivity index (χ1v) is 4.75. The molecule has 1 amide bonds. The molecule has 1 N–H and O–H groups in total. The van der Waals surface area contributed by atoms with E-state index in [9.17, 15) is 4.79 Å². The second kappa shape index (κ2) is 3.59. The van der Waals surface area contributed by atoms with Gasteiger partial charge in [-0.2, -0.15) is 0 Å². The second-order valence-electron chi connectivity index (χ2n) is 2.62. The summed E-state index contributed by atoms with van der Waals surface area (Å²) >= 11 is 1.37. The molecule has 5 nitrogen and oxygen atoms in total. The molecule has 0 saturated heterocycles. The molecule has 0 saturated carbocycles. The lowest BCUT2D eigenvalue weighted by atomic mass is 10.4. The number of rotatable bonds is 2. The number of thiazole rings is 1. The van der Waals surface area contributed by atoms with Crippen molar-refractivity contribution in [3.8, 4) is 0 Å². The Hall–Kier alpha value is -1.69. The maximum atomic E-state index is 11.4. The van der Waals surface area contributed by atoms with Gasteiger partial charge in [-0.3, -0.25) is 10.1 Å². The van der Waals surface area contributed by atoms with Crippen LogP contribution in [0.2, 0.25) is 0 Å². The molecule has 0 unspecified atom stereocenters. The molecule has 0 bridgehead atoms. The highest BCUT2D eigenvalue weighted by Crippen LogP contribution is 2.14. The summed E-state index contributed by atoms with van der Waals surface area (Å²) in [5, 5.41) is 5.04. The van der Waals surface area contributed by atoms with Crippen LogP contribution in [0.4, 0.5) is 5.13 Å². The first-order chi connectivity index (χ1) is 6.75. The van der Waals surface area contributed by atoms with E-state index < -0.39 is 0 Å². The molecule has 2 rings (SSSR count). The van der Waals surface area contributed by atoms with Crippen molar-refractivity contribution in [3.63, 3.8) is 0 Å². The highest BCUT2D eigenvalue weighted by Gasteiger charge is 2.10. The number of aromatic nitrogens is 2. The summed E-state index contributed by atoms with van der Waals surface area (Å²) in [5.41, 5.74) is 1.13. The molecule has 2 heterocycles. The summed E-state index contributed by atoms with van der Waals surface area (Å²) in [6, 6.07) is 0. The summed E-state index contributed by atoms with van der Waals surface area (Å²) in [6.45, 7) is 1.86. The van der Waals surface area contributed by atoms with Gasteiger partial charge >= 0.3 is 0 Å². The van der Waals surface area contributed by atoms with E-state index in [2.05, 4.69) is 19.7 Å². The Kier molecular flexibility index (Phi) is 2.28. The number of nitrogens with zero attached hydrogens (tertiary/aromatic N) is 2. The number of aryl methyl sites for hydroxylation is 1. The zero-order valence-corrected chi connectivity index (χ0v) is 8.17. The average Bonchev–Trinajstić information content (AvgIpc) is 2.75. The second-order valence-corrected chi connectivity index (χ2v) is 3.48. The minimum absolute atomic E-state index is 0.248. The topological polar surface area (TPSA) is 68.0 Å². The largest absolute Gasteiger partial charge is 0.451 e. The monoisotopic (exact) mass is 209 g/mol. The van der Waals surface area contributed by atoms with Crippen LogP contribution >= 0.6 is 11.3 Å². The third kappa shape index (κ3) is 1.80. The van der Waals surface area contributed by atoms with Gasteiger partial charge in [-0.25, -0.2) is 9.97 Å². The fourth-order valence-electron chi connectivity index (χ4n) is 0.897. The van der Waals surface area contributed by atoms with Gasteiger partial charge in [0.05, 0.1) is 5.69 Å². The van der Waals surface area contributed by atoms with E-state index in [1.165, 1.54) is 24.0 Å². The van der Waals surface area contributed by atoms with Crippen molar-refractivity contribution in [2.75, 3.05) is 5.32 Å². The summed E-state index contributed by atoms with van der Waals surface area (Å²) in [5.74, 6) is -0.312. The number of carbonyl (C=O) groups is 1. The molecular weight excluding hydrogens is 202 g/mol. The number of hydrogen-bond donors (Lipinski definition) is 1. The smallest absolute Gasteiger partial charge is 0.279 e. The van der Waals surface area contributed by atoms with Gasteiger partial charge < -0.3 is 4.42 Å². The standard InChI is InChI=1S/C8H7N3O2S/c1-5-3-14-8(10-5)11-7(12)6-2-13-4-9-6/h2-4H,1H3,(H,10,11,12). The molecule has 0 fully saturated rings. The molecule has 72 valence electrons. The van der Waals surface area contributed by atoms with Crippen LogP contribution in [0.5, 0.6) is 0 Å². The van der Waals surface area contributed by atoms with Gasteiger partial charge in [0.2, 0.25) is 0 Å². The molecule has 0 atom stereocenters. The third-order valence-electron chi connectivity index (χ3n) is 1.50. The van der Waals surface area contributed by atoms with Crippen molar-refractivity contribution in [1.82, 2.24) is 9.97 Å². The zero-order valence-electron chi connectivity index (χ0n) is 7.35. The Morgan fingerprint density at radius 3 is 3.07 bits per heavy atom.